The van der Waals surface area contributed by atoms with E-state index in [1.165, 1.54) is 19.3 Å². The lowest BCUT2D eigenvalue weighted by Crippen LogP contribution is -2.03. The van der Waals surface area contributed by atoms with Crippen LogP contribution >= 0.6 is 0 Å². The molecule has 4 nitrogen and oxygen atoms in total. The van der Waals surface area contributed by atoms with E-state index < -0.39 is 5.97 Å². The number of carboxylic acid groups (broad SMARTS) is 1. The predicted molar refractivity (Wildman–Crippen MR) is 53.7 cm³/mol. The highest BCUT2D eigenvalue weighted by molar-refractivity contribution is 5.68. The molecule has 0 amide bonds. The molecule has 0 spiro atoms. The molecular formula is C11H15NO3. The van der Waals surface area contributed by atoms with E-state index in [2.05, 4.69) is 4.98 Å². The Hall–Kier alpha value is -1.32. The quantitative estimate of drug-likeness (QED) is 0.829. The molecule has 15 heavy (non-hydrogen) atoms. The number of rotatable bonds is 3. The minimum atomic E-state index is -0.896. The van der Waals surface area contributed by atoms with Crippen LogP contribution in [0.15, 0.2) is 10.6 Å². The molecule has 4 heteroatoms. The van der Waals surface area contributed by atoms with Crippen molar-refractivity contribution in [1.29, 1.82) is 0 Å². The first-order valence-corrected chi connectivity index (χ1v) is 5.42. The molecule has 0 bridgehead atoms. The molecule has 1 N–H and O–H groups in total. The highest BCUT2D eigenvalue weighted by Crippen LogP contribution is 2.32. The Morgan fingerprint density at radius 2 is 2.20 bits per heavy atom. The summed E-state index contributed by atoms with van der Waals surface area (Å²) in [7, 11) is 0. The van der Waals surface area contributed by atoms with Crippen LogP contribution in [-0.4, -0.2) is 16.1 Å². The molecule has 0 aliphatic heterocycles. The van der Waals surface area contributed by atoms with E-state index in [0.717, 1.165) is 18.6 Å². The fourth-order valence-electron chi connectivity index (χ4n) is 2.11. The zero-order valence-electron chi connectivity index (χ0n) is 8.61. The molecule has 2 rings (SSSR count). The summed E-state index contributed by atoms with van der Waals surface area (Å²) >= 11 is 0. The fourth-order valence-corrected chi connectivity index (χ4v) is 2.11. The van der Waals surface area contributed by atoms with E-state index in [-0.39, 0.29) is 6.42 Å². The topological polar surface area (TPSA) is 63.3 Å². The second-order valence-electron chi connectivity index (χ2n) is 4.06. The van der Waals surface area contributed by atoms with E-state index in [9.17, 15) is 4.79 Å². The molecular weight excluding hydrogens is 194 g/mol. The van der Waals surface area contributed by atoms with Crippen molar-refractivity contribution in [1.82, 2.24) is 4.98 Å². The van der Waals surface area contributed by atoms with E-state index >= 15 is 0 Å². The molecule has 1 fully saturated rings. The second kappa shape index (κ2) is 4.47. The molecule has 0 aromatic carbocycles. The molecule has 0 atom stereocenters. The Balaban J connectivity index is 2.02. The Morgan fingerprint density at radius 1 is 1.47 bits per heavy atom. The summed E-state index contributed by atoms with van der Waals surface area (Å²) in [6, 6.07) is 0. The van der Waals surface area contributed by atoms with Crippen molar-refractivity contribution < 1.29 is 14.3 Å². The minimum absolute atomic E-state index is 0.118. The maximum absolute atomic E-state index is 10.5. The van der Waals surface area contributed by atoms with Gasteiger partial charge in [-0.3, -0.25) is 4.79 Å². The second-order valence-corrected chi connectivity index (χ2v) is 4.06. The minimum Gasteiger partial charge on any atom is -0.481 e. The third kappa shape index (κ3) is 2.58. The molecule has 0 saturated heterocycles. The highest BCUT2D eigenvalue weighted by atomic mass is 16.4. The van der Waals surface area contributed by atoms with Crippen LogP contribution < -0.4 is 0 Å². The van der Waals surface area contributed by atoms with Crippen molar-refractivity contribution in [2.45, 2.75) is 44.4 Å². The lowest BCUT2D eigenvalue weighted by molar-refractivity contribution is -0.136. The summed E-state index contributed by atoms with van der Waals surface area (Å²) in [6.45, 7) is 0. The maximum Gasteiger partial charge on any atom is 0.312 e. The molecule has 1 aromatic heterocycles. The van der Waals surface area contributed by atoms with Crippen LogP contribution in [-0.2, 0) is 11.2 Å². The molecule has 0 unspecified atom stereocenters. The summed E-state index contributed by atoms with van der Waals surface area (Å²) in [4.78, 5) is 14.4. The standard InChI is InChI=1S/C11H15NO3/c13-11(14)6-10-12-7-9(15-10)8-4-2-1-3-5-8/h7-8H,1-6H2,(H,13,14). The van der Waals surface area contributed by atoms with Crippen LogP contribution in [0.5, 0.6) is 0 Å². The molecule has 82 valence electrons. The van der Waals surface area contributed by atoms with Gasteiger partial charge in [0.05, 0.1) is 6.20 Å². The number of carboxylic acids is 1. The van der Waals surface area contributed by atoms with Gasteiger partial charge in [-0.05, 0) is 12.8 Å². The zero-order chi connectivity index (χ0) is 10.7. The van der Waals surface area contributed by atoms with Gasteiger partial charge in [0.25, 0.3) is 0 Å². The first kappa shape index (κ1) is 10.2. The number of hydrogen-bond acceptors (Lipinski definition) is 3. The summed E-state index contributed by atoms with van der Waals surface area (Å²) < 4.78 is 5.44. The monoisotopic (exact) mass is 209 g/mol. The van der Waals surface area contributed by atoms with E-state index in [1.807, 2.05) is 0 Å². The molecule has 0 radical (unpaired) electrons. The largest absolute Gasteiger partial charge is 0.481 e. The SMILES string of the molecule is O=C(O)Cc1ncc(C2CCCCC2)o1. The van der Waals surface area contributed by atoms with Crippen LogP contribution in [0, 0.1) is 0 Å². The normalized spacial score (nSPS) is 17.9. The fraction of sp³-hybridized carbons (Fsp3) is 0.636. The third-order valence-electron chi connectivity index (χ3n) is 2.88. The Labute approximate surface area is 88.3 Å². The number of nitrogens with zero attached hydrogens (tertiary/aromatic N) is 1. The zero-order valence-corrected chi connectivity index (χ0v) is 8.61. The lowest BCUT2D eigenvalue weighted by atomic mass is 9.88. The first-order valence-electron chi connectivity index (χ1n) is 5.42. The van der Waals surface area contributed by atoms with Gasteiger partial charge in [-0.1, -0.05) is 19.3 Å². The summed E-state index contributed by atoms with van der Waals surface area (Å²) in [5, 5.41) is 8.59. The molecule has 1 heterocycles. The molecule has 1 aromatic rings. The third-order valence-corrected chi connectivity index (χ3v) is 2.88. The Morgan fingerprint density at radius 3 is 2.87 bits per heavy atom. The van der Waals surface area contributed by atoms with Crippen LogP contribution in [0.2, 0.25) is 0 Å². The lowest BCUT2D eigenvalue weighted by Gasteiger charge is -2.18. The predicted octanol–water partition coefficient (Wildman–Crippen LogP) is 2.35. The van der Waals surface area contributed by atoms with E-state index in [1.54, 1.807) is 6.20 Å². The number of hydrogen-bond donors (Lipinski definition) is 1. The van der Waals surface area contributed by atoms with Gasteiger partial charge in [0.2, 0.25) is 5.89 Å². The Kier molecular flexibility index (Phi) is 3.04. The molecule has 1 aliphatic rings. The van der Waals surface area contributed by atoms with Crippen molar-refractivity contribution in [3.8, 4) is 0 Å². The summed E-state index contributed by atoms with van der Waals surface area (Å²) in [5.74, 6) is 0.745. The van der Waals surface area contributed by atoms with Gasteiger partial charge >= 0.3 is 5.97 Å². The maximum atomic E-state index is 10.5. The van der Waals surface area contributed by atoms with Crippen molar-refractivity contribution >= 4 is 5.97 Å². The number of carbonyl (C=O) groups is 1. The van der Waals surface area contributed by atoms with Crippen LogP contribution in [0.4, 0.5) is 0 Å². The van der Waals surface area contributed by atoms with Crippen molar-refractivity contribution in [2.24, 2.45) is 0 Å². The first-order chi connectivity index (χ1) is 7.25. The van der Waals surface area contributed by atoms with Crippen LogP contribution in [0.25, 0.3) is 0 Å². The molecule has 1 saturated carbocycles. The van der Waals surface area contributed by atoms with E-state index in [4.69, 9.17) is 9.52 Å². The average molecular weight is 209 g/mol. The van der Waals surface area contributed by atoms with Gasteiger partial charge in [0, 0.05) is 5.92 Å². The van der Waals surface area contributed by atoms with Gasteiger partial charge in [0.1, 0.15) is 12.2 Å². The van der Waals surface area contributed by atoms with Crippen molar-refractivity contribution in [3.05, 3.63) is 17.8 Å². The van der Waals surface area contributed by atoms with Crippen molar-refractivity contribution in [3.63, 3.8) is 0 Å². The smallest absolute Gasteiger partial charge is 0.312 e. The van der Waals surface area contributed by atoms with Crippen LogP contribution in [0.1, 0.15) is 49.7 Å². The Bertz CT molecular complexity index is 339. The van der Waals surface area contributed by atoms with Crippen LogP contribution in [0.3, 0.4) is 0 Å². The van der Waals surface area contributed by atoms with Gasteiger partial charge < -0.3 is 9.52 Å². The van der Waals surface area contributed by atoms with Gasteiger partial charge in [-0.15, -0.1) is 0 Å². The summed E-state index contributed by atoms with van der Waals surface area (Å²) in [6.07, 6.45) is 7.62. The molecule has 1 aliphatic carbocycles. The number of aliphatic carboxylic acids is 1. The summed E-state index contributed by atoms with van der Waals surface area (Å²) in [5.41, 5.74) is 0. The van der Waals surface area contributed by atoms with Gasteiger partial charge in [-0.25, -0.2) is 4.98 Å². The van der Waals surface area contributed by atoms with Gasteiger partial charge in [0.15, 0.2) is 0 Å². The van der Waals surface area contributed by atoms with Gasteiger partial charge in [-0.2, -0.15) is 0 Å². The number of oxazole rings is 1. The van der Waals surface area contributed by atoms with E-state index in [0.29, 0.717) is 11.8 Å². The average Bonchev–Trinajstić information content (AvgIpc) is 2.67. The number of aromatic nitrogens is 1. The highest BCUT2D eigenvalue weighted by Gasteiger charge is 2.19. The van der Waals surface area contributed by atoms with Crippen molar-refractivity contribution in [2.75, 3.05) is 0 Å².